The van der Waals surface area contributed by atoms with Crippen LogP contribution in [0.3, 0.4) is 0 Å². The van der Waals surface area contributed by atoms with Gasteiger partial charge in [0.1, 0.15) is 5.75 Å². The minimum Gasteiger partial charge on any atom is -0.490 e. The van der Waals surface area contributed by atoms with Gasteiger partial charge in [0.15, 0.2) is 27.1 Å². The SMILES string of the molecule is CCOc1cc(Br)c(C(=O)CS(C)(=O)=O)cc1OCC. The first-order valence-corrected chi connectivity index (χ1v) is 8.93. The van der Waals surface area contributed by atoms with Gasteiger partial charge in [-0.15, -0.1) is 0 Å². The van der Waals surface area contributed by atoms with Gasteiger partial charge < -0.3 is 9.47 Å². The molecule has 112 valence electrons. The van der Waals surface area contributed by atoms with Gasteiger partial charge in [0.2, 0.25) is 0 Å². The van der Waals surface area contributed by atoms with Crippen molar-refractivity contribution in [2.45, 2.75) is 13.8 Å². The summed E-state index contributed by atoms with van der Waals surface area (Å²) in [7, 11) is -3.38. The highest BCUT2D eigenvalue weighted by Gasteiger charge is 2.19. The molecule has 0 unspecified atom stereocenters. The number of Topliss-reactive ketones (excluding diaryl/α,β-unsaturated/α-hetero) is 1. The number of benzene rings is 1. The Kier molecular flexibility index (Phi) is 6.01. The summed E-state index contributed by atoms with van der Waals surface area (Å²) in [4.78, 5) is 12.0. The summed E-state index contributed by atoms with van der Waals surface area (Å²) < 4.78 is 33.8. The van der Waals surface area contributed by atoms with Crippen LogP contribution in [0.2, 0.25) is 0 Å². The number of hydrogen-bond donors (Lipinski definition) is 0. The topological polar surface area (TPSA) is 69.7 Å². The third-order valence-electron chi connectivity index (χ3n) is 2.33. The average Bonchev–Trinajstić information content (AvgIpc) is 2.30. The van der Waals surface area contributed by atoms with E-state index in [1.807, 2.05) is 13.8 Å². The normalized spacial score (nSPS) is 11.2. The molecule has 20 heavy (non-hydrogen) atoms. The molecular weight excluding hydrogens is 348 g/mol. The zero-order valence-corrected chi connectivity index (χ0v) is 14.0. The monoisotopic (exact) mass is 364 g/mol. The summed E-state index contributed by atoms with van der Waals surface area (Å²) in [5.74, 6) is -0.0829. The van der Waals surface area contributed by atoms with Gasteiger partial charge in [-0.25, -0.2) is 8.42 Å². The molecule has 0 aromatic heterocycles. The van der Waals surface area contributed by atoms with Crippen LogP contribution in [0.5, 0.6) is 11.5 Å². The molecule has 0 aliphatic carbocycles. The first-order chi connectivity index (χ1) is 9.28. The molecule has 5 nitrogen and oxygen atoms in total. The van der Waals surface area contributed by atoms with Crippen molar-refractivity contribution >= 4 is 31.6 Å². The molecule has 0 bridgehead atoms. The van der Waals surface area contributed by atoms with Crippen molar-refractivity contribution in [2.24, 2.45) is 0 Å². The van der Waals surface area contributed by atoms with E-state index in [-0.39, 0.29) is 5.56 Å². The summed E-state index contributed by atoms with van der Waals surface area (Å²) >= 11 is 3.26. The maximum Gasteiger partial charge on any atom is 0.179 e. The number of hydrogen-bond acceptors (Lipinski definition) is 5. The number of sulfone groups is 1. The lowest BCUT2D eigenvalue weighted by Gasteiger charge is -2.13. The smallest absolute Gasteiger partial charge is 0.179 e. The van der Waals surface area contributed by atoms with Crippen LogP contribution < -0.4 is 9.47 Å². The molecule has 0 atom stereocenters. The van der Waals surface area contributed by atoms with Crippen LogP contribution in [0.25, 0.3) is 0 Å². The van der Waals surface area contributed by atoms with Crippen LogP contribution in [-0.4, -0.2) is 39.4 Å². The lowest BCUT2D eigenvalue weighted by Crippen LogP contribution is -2.15. The second-order valence-corrected chi connectivity index (χ2v) is 7.13. The first kappa shape index (κ1) is 17.0. The molecule has 0 aliphatic heterocycles. The number of carbonyl (C=O) groups is 1. The Balaban J connectivity index is 3.20. The van der Waals surface area contributed by atoms with Gasteiger partial charge in [-0.3, -0.25) is 4.79 Å². The summed E-state index contributed by atoms with van der Waals surface area (Å²) in [5.41, 5.74) is 0.266. The first-order valence-electron chi connectivity index (χ1n) is 6.08. The van der Waals surface area contributed by atoms with Crippen LogP contribution in [0.15, 0.2) is 16.6 Å². The Hall–Kier alpha value is -1.08. The van der Waals surface area contributed by atoms with E-state index in [4.69, 9.17) is 9.47 Å². The van der Waals surface area contributed by atoms with Gasteiger partial charge in [0.05, 0.1) is 13.2 Å². The van der Waals surface area contributed by atoms with E-state index in [1.165, 1.54) is 6.07 Å². The van der Waals surface area contributed by atoms with Crippen LogP contribution in [0.1, 0.15) is 24.2 Å². The second-order valence-electron chi connectivity index (χ2n) is 4.14. The second kappa shape index (κ2) is 7.08. The van der Waals surface area contributed by atoms with Crippen molar-refractivity contribution in [3.05, 3.63) is 22.2 Å². The minimum atomic E-state index is -3.38. The fourth-order valence-electron chi connectivity index (χ4n) is 1.60. The van der Waals surface area contributed by atoms with Crippen LogP contribution in [-0.2, 0) is 9.84 Å². The molecule has 0 N–H and O–H groups in total. The van der Waals surface area contributed by atoms with E-state index >= 15 is 0 Å². The van der Waals surface area contributed by atoms with Crippen LogP contribution in [0, 0.1) is 0 Å². The molecule has 0 radical (unpaired) electrons. The van der Waals surface area contributed by atoms with Gasteiger partial charge in [0.25, 0.3) is 0 Å². The molecule has 1 rings (SSSR count). The lowest BCUT2D eigenvalue weighted by atomic mass is 10.1. The van der Waals surface area contributed by atoms with Crippen molar-refractivity contribution in [3.8, 4) is 11.5 Å². The average molecular weight is 365 g/mol. The van der Waals surface area contributed by atoms with Gasteiger partial charge in [-0.2, -0.15) is 0 Å². The van der Waals surface area contributed by atoms with Gasteiger partial charge in [-0.05, 0) is 41.9 Å². The molecule has 0 saturated heterocycles. The number of halogens is 1. The Morgan fingerprint density at radius 1 is 1.15 bits per heavy atom. The summed E-state index contributed by atoms with van der Waals surface area (Å²) in [6.45, 7) is 4.53. The predicted octanol–water partition coefficient (Wildman–Crippen LogP) is 2.47. The number of ketones is 1. The fraction of sp³-hybridized carbons (Fsp3) is 0.462. The Bertz CT molecular complexity index is 595. The van der Waals surface area contributed by atoms with Crippen molar-refractivity contribution in [3.63, 3.8) is 0 Å². The molecule has 0 fully saturated rings. The third kappa shape index (κ3) is 4.79. The van der Waals surface area contributed by atoms with Gasteiger partial charge in [-0.1, -0.05) is 0 Å². The highest BCUT2D eigenvalue weighted by molar-refractivity contribution is 9.10. The largest absolute Gasteiger partial charge is 0.490 e. The molecule has 0 heterocycles. The summed E-state index contributed by atoms with van der Waals surface area (Å²) in [6, 6.07) is 3.12. The Labute approximate surface area is 127 Å². The van der Waals surface area contributed by atoms with E-state index in [1.54, 1.807) is 6.07 Å². The summed E-state index contributed by atoms with van der Waals surface area (Å²) in [5, 5.41) is 0. The third-order valence-corrected chi connectivity index (χ3v) is 3.77. The highest BCUT2D eigenvalue weighted by atomic mass is 79.9. The van der Waals surface area contributed by atoms with E-state index < -0.39 is 21.4 Å². The van der Waals surface area contributed by atoms with E-state index in [0.29, 0.717) is 29.2 Å². The minimum absolute atomic E-state index is 0.266. The van der Waals surface area contributed by atoms with E-state index in [9.17, 15) is 13.2 Å². The van der Waals surface area contributed by atoms with Crippen LogP contribution in [0.4, 0.5) is 0 Å². The quantitative estimate of drug-likeness (QED) is 0.695. The molecule has 0 amide bonds. The maximum atomic E-state index is 12.0. The van der Waals surface area contributed by atoms with Crippen molar-refractivity contribution in [1.82, 2.24) is 0 Å². The van der Waals surface area contributed by atoms with Crippen molar-refractivity contribution in [1.29, 1.82) is 0 Å². The standard InChI is InChI=1S/C13H17BrO5S/c1-4-18-12-6-9(11(15)8-20(3,16)17)10(14)7-13(12)19-5-2/h6-7H,4-5,8H2,1-3H3. The predicted molar refractivity (Wildman–Crippen MR) is 80.5 cm³/mol. The van der Waals surface area contributed by atoms with Crippen LogP contribution >= 0.6 is 15.9 Å². The number of rotatable bonds is 7. The highest BCUT2D eigenvalue weighted by Crippen LogP contribution is 2.34. The molecular formula is C13H17BrO5S. The number of carbonyl (C=O) groups excluding carboxylic acids is 1. The van der Waals surface area contributed by atoms with Gasteiger partial charge in [0, 0.05) is 16.3 Å². The van der Waals surface area contributed by atoms with Crippen molar-refractivity contribution < 1.29 is 22.7 Å². The molecule has 0 spiro atoms. The molecule has 7 heteroatoms. The molecule has 0 aliphatic rings. The Morgan fingerprint density at radius 3 is 2.10 bits per heavy atom. The van der Waals surface area contributed by atoms with E-state index in [0.717, 1.165) is 6.26 Å². The lowest BCUT2D eigenvalue weighted by molar-refractivity contribution is 0.102. The molecule has 1 aromatic carbocycles. The van der Waals surface area contributed by atoms with E-state index in [2.05, 4.69) is 15.9 Å². The molecule has 1 aromatic rings. The number of ether oxygens (including phenoxy) is 2. The van der Waals surface area contributed by atoms with Gasteiger partial charge >= 0.3 is 0 Å². The zero-order valence-electron chi connectivity index (χ0n) is 11.6. The van der Waals surface area contributed by atoms with Crippen molar-refractivity contribution in [2.75, 3.05) is 25.2 Å². The fourth-order valence-corrected chi connectivity index (χ4v) is 2.78. The zero-order chi connectivity index (χ0) is 15.3. The Morgan fingerprint density at radius 2 is 1.65 bits per heavy atom. The molecule has 0 saturated carbocycles. The summed E-state index contributed by atoms with van der Waals surface area (Å²) in [6.07, 6.45) is 1.02. The maximum absolute atomic E-state index is 12.0.